The summed E-state index contributed by atoms with van der Waals surface area (Å²) in [5.41, 5.74) is 1.74. The number of carbonyl (C=O) groups excluding carboxylic acids is 2. The molecule has 0 heterocycles. The van der Waals surface area contributed by atoms with Crippen LogP contribution in [0.3, 0.4) is 0 Å². The minimum Gasteiger partial charge on any atom is -0.493 e. The summed E-state index contributed by atoms with van der Waals surface area (Å²) in [6.45, 7) is -0.521. The maximum absolute atomic E-state index is 13.4. The molecule has 0 aliphatic carbocycles. The number of anilines is 1. The molecule has 0 aliphatic heterocycles. The molecule has 0 aliphatic rings. The highest BCUT2D eigenvalue weighted by molar-refractivity contribution is 6.30. The van der Waals surface area contributed by atoms with Gasteiger partial charge in [-0.1, -0.05) is 35.9 Å². The van der Waals surface area contributed by atoms with Crippen molar-refractivity contribution in [3.63, 3.8) is 0 Å². The molecule has 3 aromatic carbocycles. The number of nitrogens with one attached hydrogen (secondary N) is 1. The van der Waals surface area contributed by atoms with Gasteiger partial charge in [-0.3, -0.25) is 4.79 Å². The number of carbonyl (C=O) groups is 2. The molecule has 170 valence electrons. The van der Waals surface area contributed by atoms with Crippen molar-refractivity contribution in [3.05, 3.63) is 88.7 Å². The Hall–Kier alpha value is -3.84. The molecule has 0 aromatic heterocycles. The summed E-state index contributed by atoms with van der Waals surface area (Å²) >= 11 is 5.92. The van der Waals surface area contributed by atoms with Gasteiger partial charge in [-0.2, -0.15) is 0 Å². The van der Waals surface area contributed by atoms with E-state index in [4.69, 9.17) is 25.8 Å². The van der Waals surface area contributed by atoms with Gasteiger partial charge in [-0.25, -0.2) is 9.18 Å². The van der Waals surface area contributed by atoms with Crippen molar-refractivity contribution < 1.29 is 28.2 Å². The van der Waals surface area contributed by atoms with Gasteiger partial charge < -0.3 is 19.5 Å². The number of hydrogen-bond acceptors (Lipinski definition) is 5. The van der Waals surface area contributed by atoms with Crippen LogP contribution in [-0.4, -0.2) is 32.7 Å². The van der Waals surface area contributed by atoms with Crippen molar-refractivity contribution in [1.29, 1.82) is 0 Å². The van der Waals surface area contributed by atoms with Crippen LogP contribution in [0.4, 0.5) is 10.1 Å². The van der Waals surface area contributed by atoms with Crippen LogP contribution in [0.5, 0.6) is 11.5 Å². The lowest BCUT2D eigenvalue weighted by Crippen LogP contribution is -2.21. The van der Waals surface area contributed by atoms with Gasteiger partial charge >= 0.3 is 5.97 Å². The first-order valence-corrected chi connectivity index (χ1v) is 10.2. The number of rotatable bonds is 8. The van der Waals surface area contributed by atoms with Crippen molar-refractivity contribution in [2.24, 2.45) is 0 Å². The number of amides is 1. The first kappa shape index (κ1) is 23.8. The Morgan fingerprint density at radius 3 is 2.24 bits per heavy atom. The van der Waals surface area contributed by atoms with E-state index in [0.29, 0.717) is 33.3 Å². The maximum atomic E-state index is 13.4. The van der Waals surface area contributed by atoms with Gasteiger partial charge in [-0.15, -0.1) is 0 Å². The summed E-state index contributed by atoms with van der Waals surface area (Å²) in [5, 5.41) is 3.18. The Balaban J connectivity index is 1.73. The summed E-state index contributed by atoms with van der Waals surface area (Å²) in [6.07, 6.45) is 1.58. The minimum absolute atomic E-state index is 0.163. The third kappa shape index (κ3) is 6.57. The van der Waals surface area contributed by atoms with E-state index in [-0.39, 0.29) is 5.57 Å². The van der Waals surface area contributed by atoms with Crippen molar-refractivity contribution in [1.82, 2.24) is 0 Å². The second kappa shape index (κ2) is 11.2. The lowest BCUT2D eigenvalue weighted by molar-refractivity contribution is -0.141. The fourth-order valence-corrected chi connectivity index (χ4v) is 3.06. The van der Waals surface area contributed by atoms with Gasteiger partial charge in [0.1, 0.15) is 5.82 Å². The number of halogens is 2. The molecule has 6 nitrogen and oxygen atoms in total. The fourth-order valence-electron chi connectivity index (χ4n) is 2.94. The zero-order valence-corrected chi connectivity index (χ0v) is 18.7. The van der Waals surface area contributed by atoms with E-state index < -0.39 is 24.3 Å². The highest BCUT2D eigenvalue weighted by Crippen LogP contribution is 2.29. The van der Waals surface area contributed by atoms with Crippen LogP contribution in [0.1, 0.15) is 11.1 Å². The predicted octanol–water partition coefficient (Wildman–Crippen LogP) is 5.22. The third-order valence-corrected chi connectivity index (χ3v) is 4.81. The molecule has 0 spiro atoms. The Morgan fingerprint density at radius 1 is 0.939 bits per heavy atom. The molecule has 0 atom stereocenters. The molecule has 0 radical (unpaired) electrons. The zero-order chi connectivity index (χ0) is 23.8. The molecule has 0 fully saturated rings. The summed E-state index contributed by atoms with van der Waals surface area (Å²) in [7, 11) is 2.99. The molecule has 1 N–H and O–H groups in total. The van der Waals surface area contributed by atoms with Crippen LogP contribution in [0.15, 0.2) is 66.7 Å². The highest BCUT2D eigenvalue weighted by atomic mass is 35.5. The van der Waals surface area contributed by atoms with Gasteiger partial charge in [0.25, 0.3) is 5.91 Å². The van der Waals surface area contributed by atoms with Crippen LogP contribution in [0.2, 0.25) is 5.02 Å². The van der Waals surface area contributed by atoms with E-state index in [9.17, 15) is 14.0 Å². The summed E-state index contributed by atoms with van der Waals surface area (Å²) in [4.78, 5) is 25.1. The summed E-state index contributed by atoms with van der Waals surface area (Å²) in [6, 6.07) is 17.1. The highest BCUT2D eigenvalue weighted by Gasteiger charge is 2.16. The van der Waals surface area contributed by atoms with Crippen LogP contribution in [0.25, 0.3) is 11.6 Å². The average molecular weight is 470 g/mol. The first-order chi connectivity index (χ1) is 15.9. The number of ether oxygens (including phenoxy) is 3. The smallest absolute Gasteiger partial charge is 0.339 e. The van der Waals surface area contributed by atoms with E-state index >= 15 is 0 Å². The lowest BCUT2D eigenvalue weighted by Gasteiger charge is -2.12. The van der Waals surface area contributed by atoms with Crippen LogP contribution in [0, 0.1) is 5.82 Å². The molecule has 0 saturated heterocycles. The van der Waals surface area contributed by atoms with Crippen molar-refractivity contribution in [2.45, 2.75) is 0 Å². The van der Waals surface area contributed by atoms with E-state index in [0.717, 1.165) is 0 Å². The van der Waals surface area contributed by atoms with E-state index in [2.05, 4.69) is 5.32 Å². The number of benzene rings is 3. The van der Waals surface area contributed by atoms with Crippen molar-refractivity contribution in [2.75, 3.05) is 26.1 Å². The number of hydrogen-bond donors (Lipinski definition) is 1. The molecular formula is C25H21ClFNO5. The second-order valence-corrected chi connectivity index (χ2v) is 7.25. The predicted molar refractivity (Wildman–Crippen MR) is 125 cm³/mol. The number of esters is 1. The Bertz CT molecular complexity index is 1160. The van der Waals surface area contributed by atoms with Crippen molar-refractivity contribution in [3.8, 4) is 11.5 Å². The molecule has 3 rings (SSSR count). The largest absolute Gasteiger partial charge is 0.493 e. The third-order valence-electron chi connectivity index (χ3n) is 4.56. The Kier molecular flexibility index (Phi) is 8.05. The molecule has 1 amide bonds. The molecular weight excluding hydrogens is 449 g/mol. The monoisotopic (exact) mass is 469 g/mol. The lowest BCUT2D eigenvalue weighted by atomic mass is 10.0. The fraction of sp³-hybridized carbons (Fsp3) is 0.120. The average Bonchev–Trinajstić information content (AvgIpc) is 2.82. The molecule has 0 saturated carbocycles. The molecule has 0 bridgehead atoms. The van der Waals surface area contributed by atoms with E-state index in [1.54, 1.807) is 48.5 Å². The van der Waals surface area contributed by atoms with E-state index in [1.807, 2.05) is 0 Å². The van der Waals surface area contributed by atoms with Crippen LogP contribution >= 0.6 is 11.6 Å². The molecule has 33 heavy (non-hydrogen) atoms. The Morgan fingerprint density at radius 2 is 1.61 bits per heavy atom. The second-order valence-electron chi connectivity index (χ2n) is 6.81. The Labute approximate surface area is 195 Å². The van der Waals surface area contributed by atoms with Gasteiger partial charge in [0, 0.05) is 16.8 Å². The normalized spacial score (nSPS) is 11.0. The van der Waals surface area contributed by atoms with Crippen molar-refractivity contribution >= 4 is 40.8 Å². The molecule has 3 aromatic rings. The minimum atomic E-state index is -0.737. The molecule has 8 heteroatoms. The molecule has 0 unspecified atom stereocenters. The quantitative estimate of drug-likeness (QED) is 0.278. The van der Waals surface area contributed by atoms with Crippen LogP contribution < -0.4 is 14.8 Å². The summed E-state index contributed by atoms with van der Waals surface area (Å²) in [5.74, 6) is -0.762. The van der Waals surface area contributed by atoms with Gasteiger partial charge in [0.15, 0.2) is 18.1 Å². The topological polar surface area (TPSA) is 73.9 Å². The van der Waals surface area contributed by atoms with E-state index in [1.165, 1.54) is 38.5 Å². The van der Waals surface area contributed by atoms with Gasteiger partial charge in [-0.05, 0) is 53.6 Å². The van der Waals surface area contributed by atoms with Crippen LogP contribution in [-0.2, 0) is 14.3 Å². The number of methoxy groups -OCH3 is 2. The zero-order valence-electron chi connectivity index (χ0n) is 17.9. The SMILES string of the molecule is COc1ccc(NC(=O)COC(=O)/C(=C/c2ccc(Cl)cc2)c2ccc(F)cc2)cc1OC. The first-order valence-electron chi connectivity index (χ1n) is 9.82. The summed E-state index contributed by atoms with van der Waals surface area (Å²) < 4.78 is 29.0. The standard InChI is InChI=1S/C25H21ClFNO5/c1-31-22-12-11-20(14-23(22)32-2)28-24(29)15-33-25(30)21(17-5-9-19(27)10-6-17)13-16-3-7-18(26)8-4-16/h3-14H,15H2,1-2H3,(H,28,29)/b21-13+. The van der Waals surface area contributed by atoms with Gasteiger partial charge in [0.05, 0.1) is 19.8 Å². The van der Waals surface area contributed by atoms with Gasteiger partial charge in [0.2, 0.25) is 0 Å². The maximum Gasteiger partial charge on any atom is 0.339 e.